The Balaban J connectivity index is 3.94. The SMILES string of the molecule is C=CC(=O)OCC[Si](CC)(CC)OC. The Morgan fingerprint density at radius 1 is 1.43 bits per heavy atom. The van der Waals surface area contributed by atoms with Gasteiger partial charge in [0.2, 0.25) is 0 Å². The minimum atomic E-state index is -1.61. The summed E-state index contributed by atoms with van der Waals surface area (Å²) in [6.07, 6.45) is 1.19. The molecule has 0 heterocycles. The maximum atomic E-state index is 10.8. The van der Waals surface area contributed by atoms with Crippen LogP contribution in [0.15, 0.2) is 12.7 Å². The molecule has 0 fully saturated rings. The van der Waals surface area contributed by atoms with Gasteiger partial charge in [-0.3, -0.25) is 0 Å². The van der Waals surface area contributed by atoms with Gasteiger partial charge in [-0.2, -0.15) is 0 Å². The lowest BCUT2D eigenvalue weighted by Crippen LogP contribution is -2.36. The summed E-state index contributed by atoms with van der Waals surface area (Å²) in [7, 11) is 0.150. The summed E-state index contributed by atoms with van der Waals surface area (Å²) in [5, 5.41) is 0. The van der Waals surface area contributed by atoms with Crippen molar-refractivity contribution in [2.75, 3.05) is 13.7 Å². The topological polar surface area (TPSA) is 35.5 Å². The van der Waals surface area contributed by atoms with Crippen LogP contribution in [0.4, 0.5) is 0 Å². The van der Waals surface area contributed by atoms with Crippen molar-refractivity contribution >= 4 is 14.3 Å². The van der Waals surface area contributed by atoms with E-state index < -0.39 is 8.32 Å². The highest BCUT2D eigenvalue weighted by Crippen LogP contribution is 2.20. The second kappa shape index (κ2) is 6.78. The summed E-state index contributed by atoms with van der Waals surface area (Å²) >= 11 is 0. The highest BCUT2D eigenvalue weighted by atomic mass is 28.4. The molecule has 3 nitrogen and oxygen atoms in total. The Kier molecular flexibility index (Phi) is 6.49. The second-order valence-corrected chi connectivity index (χ2v) is 7.90. The van der Waals surface area contributed by atoms with E-state index in [2.05, 4.69) is 20.4 Å². The number of rotatable bonds is 7. The number of hydrogen-bond acceptors (Lipinski definition) is 3. The smallest absolute Gasteiger partial charge is 0.330 e. The molecule has 0 aromatic rings. The van der Waals surface area contributed by atoms with Gasteiger partial charge in [0.05, 0.1) is 6.61 Å². The molecule has 0 unspecified atom stereocenters. The lowest BCUT2D eigenvalue weighted by atomic mass is 10.6. The molecule has 0 amide bonds. The van der Waals surface area contributed by atoms with Crippen LogP contribution >= 0.6 is 0 Å². The number of esters is 1. The van der Waals surface area contributed by atoms with Crippen molar-refractivity contribution in [1.82, 2.24) is 0 Å². The molecule has 0 saturated carbocycles. The van der Waals surface area contributed by atoms with Gasteiger partial charge in [-0.05, 0) is 12.1 Å². The van der Waals surface area contributed by atoms with Gasteiger partial charge in [-0.1, -0.05) is 20.4 Å². The molecule has 4 heteroatoms. The minimum Gasteiger partial charge on any atom is -0.463 e. The number of carbonyl (C=O) groups excluding carboxylic acids is 1. The lowest BCUT2D eigenvalue weighted by Gasteiger charge is -2.26. The van der Waals surface area contributed by atoms with Crippen molar-refractivity contribution in [2.24, 2.45) is 0 Å². The van der Waals surface area contributed by atoms with Crippen molar-refractivity contribution in [2.45, 2.75) is 32.0 Å². The predicted octanol–water partition coefficient (Wildman–Crippen LogP) is 2.35. The van der Waals surface area contributed by atoms with Crippen molar-refractivity contribution in [3.63, 3.8) is 0 Å². The van der Waals surface area contributed by atoms with Gasteiger partial charge < -0.3 is 9.16 Å². The molecule has 0 saturated heterocycles. The summed E-state index contributed by atoms with van der Waals surface area (Å²) in [4.78, 5) is 10.8. The lowest BCUT2D eigenvalue weighted by molar-refractivity contribution is -0.137. The van der Waals surface area contributed by atoms with E-state index in [1.807, 2.05) is 0 Å². The highest BCUT2D eigenvalue weighted by Gasteiger charge is 2.29. The zero-order valence-corrected chi connectivity index (χ0v) is 10.3. The molecular formula is C10H20O3Si. The van der Waals surface area contributed by atoms with E-state index in [9.17, 15) is 4.79 Å². The standard InChI is InChI=1S/C10H20O3Si/c1-5-10(11)13-8-9-14(6-2,7-3)12-4/h5H,1,6-9H2,2-4H3. The molecule has 0 aromatic carbocycles. The molecule has 82 valence electrons. The largest absolute Gasteiger partial charge is 0.463 e. The minimum absolute atomic E-state index is 0.351. The Labute approximate surface area is 87.2 Å². The van der Waals surface area contributed by atoms with Crippen LogP contribution in [-0.2, 0) is 14.0 Å². The molecule has 0 rings (SSSR count). The van der Waals surface area contributed by atoms with Gasteiger partial charge in [0.1, 0.15) is 0 Å². The monoisotopic (exact) mass is 216 g/mol. The molecule has 0 radical (unpaired) electrons. The molecule has 0 N–H and O–H groups in total. The fourth-order valence-electron chi connectivity index (χ4n) is 1.39. The molecular weight excluding hydrogens is 196 g/mol. The summed E-state index contributed by atoms with van der Waals surface area (Å²) in [5.74, 6) is -0.351. The number of hydrogen-bond donors (Lipinski definition) is 0. The first-order chi connectivity index (χ1) is 6.64. The third-order valence-electron chi connectivity index (χ3n) is 2.69. The molecule has 0 bridgehead atoms. The number of ether oxygens (including phenoxy) is 1. The van der Waals surface area contributed by atoms with Crippen LogP contribution in [-0.4, -0.2) is 28.0 Å². The van der Waals surface area contributed by atoms with E-state index in [0.29, 0.717) is 6.61 Å². The average Bonchev–Trinajstić information content (AvgIpc) is 2.25. The molecule has 0 aliphatic heterocycles. The van der Waals surface area contributed by atoms with Crippen molar-refractivity contribution in [1.29, 1.82) is 0 Å². The van der Waals surface area contributed by atoms with E-state index in [1.54, 1.807) is 7.11 Å². The maximum absolute atomic E-state index is 10.8. The van der Waals surface area contributed by atoms with Crippen molar-refractivity contribution in [3.05, 3.63) is 12.7 Å². The fourth-order valence-corrected chi connectivity index (χ4v) is 3.85. The average molecular weight is 216 g/mol. The molecule has 14 heavy (non-hydrogen) atoms. The quantitative estimate of drug-likeness (QED) is 0.372. The van der Waals surface area contributed by atoms with Gasteiger partial charge in [-0.15, -0.1) is 0 Å². The normalized spacial score (nSPS) is 11.1. The molecule has 0 aromatic heterocycles. The summed E-state index contributed by atoms with van der Waals surface area (Å²) in [6, 6.07) is 2.99. The van der Waals surface area contributed by atoms with Crippen LogP contribution in [0.5, 0.6) is 0 Å². The van der Waals surface area contributed by atoms with E-state index in [1.165, 1.54) is 6.08 Å². The van der Waals surface area contributed by atoms with Crippen LogP contribution in [0.3, 0.4) is 0 Å². The Morgan fingerprint density at radius 2 is 2.00 bits per heavy atom. The summed E-state index contributed by atoms with van der Waals surface area (Å²) in [6.45, 7) is 8.06. The molecule has 0 atom stereocenters. The number of carbonyl (C=O) groups is 1. The van der Waals surface area contributed by atoms with E-state index in [0.717, 1.165) is 18.1 Å². The third kappa shape index (κ3) is 4.06. The predicted molar refractivity (Wildman–Crippen MR) is 59.7 cm³/mol. The molecule has 0 aliphatic carbocycles. The summed E-state index contributed by atoms with van der Waals surface area (Å²) in [5.41, 5.74) is 0. The van der Waals surface area contributed by atoms with E-state index in [-0.39, 0.29) is 5.97 Å². The highest BCUT2D eigenvalue weighted by molar-refractivity contribution is 6.73. The first-order valence-corrected chi connectivity index (χ1v) is 7.51. The Hall–Kier alpha value is -0.613. The summed E-state index contributed by atoms with van der Waals surface area (Å²) < 4.78 is 10.5. The van der Waals surface area contributed by atoms with Crippen molar-refractivity contribution in [3.8, 4) is 0 Å². The first kappa shape index (κ1) is 13.4. The Bertz CT molecular complexity index is 180. The Morgan fingerprint density at radius 3 is 2.36 bits per heavy atom. The molecule has 0 spiro atoms. The first-order valence-electron chi connectivity index (χ1n) is 4.98. The van der Waals surface area contributed by atoms with Gasteiger partial charge >= 0.3 is 5.97 Å². The van der Waals surface area contributed by atoms with Gasteiger partial charge in [-0.25, -0.2) is 4.79 Å². The van der Waals surface area contributed by atoms with E-state index in [4.69, 9.17) is 9.16 Å². The van der Waals surface area contributed by atoms with Crippen LogP contribution < -0.4 is 0 Å². The molecule has 0 aliphatic rings. The van der Waals surface area contributed by atoms with Crippen molar-refractivity contribution < 1.29 is 14.0 Å². The third-order valence-corrected chi connectivity index (χ3v) is 7.25. The zero-order valence-electron chi connectivity index (χ0n) is 9.34. The van der Waals surface area contributed by atoms with Gasteiger partial charge in [0.15, 0.2) is 8.32 Å². The van der Waals surface area contributed by atoms with Crippen LogP contribution in [0.25, 0.3) is 0 Å². The zero-order chi connectivity index (χ0) is 11.0. The van der Waals surface area contributed by atoms with Crippen LogP contribution in [0, 0.1) is 0 Å². The van der Waals surface area contributed by atoms with Crippen LogP contribution in [0.1, 0.15) is 13.8 Å². The van der Waals surface area contributed by atoms with Gasteiger partial charge in [0.25, 0.3) is 0 Å². The van der Waals surface area contributed by atoms with E-state index >= 15 is 0 Å². The fraction of sp³-hybridized carbons (Fsp3) is 0.700. The van der Waals surface area contributed by atoms with Crippen LogP contribution in [0.2, 0.25) is 18.1 Å². The van der Waals surface area contributed by atoms with Gasteiger partial charge in [0, 0.05) is 19.2 Å². The maximum Gasteiger partial charge on any atom is 0.330 e. The second-order valence-electron chi connectivity index (χ2n) is 3.22.